The summed E-state index contributed by atoms with van der Waals surface area (Å²) < 4.78 is 3.66. The molecule has 0 unspecified atom stereocenters. The van der Waals surface area contributed by atoms with Crippen LogP contribution < -0.4 is 16.4 Å². The number of rotatable bonds is 10. The zero-order valence-corrected chi connectivity index (χ0v) is 33.1. The smallest absolute Gasteiger partial charge is 0.336 e. The Hall–Kier alpha value is -4.14. The number of carbonyl (C=O) groups excluding carboxylic acids is 2. The van der Waals surface area contributed by atoms with Crippen LogP contribution in [-0.4, -0.2) is 92.7 Å². The maximum atomic E-state index is 14.2. The molecular weight excluding hydrogens is 804 g/mol. The van der Waals surface area contributed by atoms with Crippen molar-refractivity contribution in [2.24, 2.45) is 0 Å². The number of carboxylic acid groups (broad SMARTS) is 1. The number of hydrogen-bond donors (Lipinski definition) is 4. The van der Waals surface area contributed by atoms with Crippen LogP contribution in [0, 0.1) is 6.92 Å². The highest BCUT2D eigenvalue weighted by molar-refractivity contribution is 9.11. The standard InChI is InChI=1S/C39H46Br2N8O4/c1-24-28(37(50)51)9-10-33-35(24)45-36(49(33)17-6-16-46-14-4-5-15-46)32(23-25-21-29(40)34(42)30(41)22-25)44-38(52)47-18-12-27(13-19-47)48-20-11-26-7-2-3-8-31(26)43-39(48)53/h2-3,7-10,21-22,27,32H,4-6,11-20,23,42H2,1H3,(H,43,53)(H,44,52)(H,50,51)/t32-/m1/s1. The van der Waals surface area contributed by atoms with Gasteiger partial charge in [-0.15, -0.1) is 0 Å². The van der Waals surface area contributed by atoms with E-state index >= 15 is 0 Å². The molecule has 4 amide bonds. The van der Waals surface area contributed by atoms with Crippen molar-refractivity contribution in [1.29, 1.82) is 0 Å². The van der Waals surface area contributed by atoms with E-state index in [1.54, 1.807) is 13.0 Å². The number of imidazole rings is 1. The lowest BCUT2D eigenvalue weighted by Crippen LogP contribution is -2.52. The molecule has 280 valence electrons. The Morgan fingerprint density at radius 1 is 1.02 bits per heavy atom. The zero-order chi connectivity index (χ0) is 37.2. The molecule has 0 bridgehead atoms. The molecule has 1 atom stereocenters. The SMILES string of the molecule is Cc1c(C(=O)O)ccc2c1nc([C@@H](Cc1cc(Br)c(N)c(Br)c1)NC(=O)N1CCC(N3CCc4ccccc4NC3=O)CC1)n2CCCN1CCCC1. The number of nitrogens with one attached hydrogen (secondary N) is 2. The predicted octanol–water partition coefficient (Wildman–Crippen LogP) is 7.18. The molecule has 2 saturated heterocycles. The van der Waals surface area contributed by atoms with Gasteiger partial charge in [-0.2, -0.15) is 0 Å². The normalized spacial score (nSPS) is 17.5. The lowest BCUT2D eigenvalue weighted by molar-refractivity contribution is 0.0696. The van der Waals surface area contributed by atoms with Crippen molar-refractivity contribution in [3.8, 4) is 0 Å². The molecule has 1 aromatic heterocycles. The fraction of sp³-hybridized carbons (Fsp3) is 0.436. The second-order valence-corrected chi connectivity index (χ2v) is 16.1. The molecule has 0 spiro atoms. The Bertz CT molecular complexity index is 2000. The van der Waals surface area contributed by atoms with Crippen LogP contribution in [-0.2, 0) is 19.4 Å². The summed E-state index contributed by atoms with van der Waals surface area (Å²) in [4.78, 5) is 50.9. The summed E-state index contributed by atoms with van der Waals surface area (Å²) in [6.45, 7) is 7.27. The first-order chi connectivity index (χ1) is 25.6. The number of aromatic nitrogens is 2. The maximum absolute atomic E-state index is 14.2. The van der Waals surface area contributed by atoms with Gasteiger partial charge in [-0.3, -0.25) is 0 Å². The van der Waals surface area contributed by atoms with Gasteiger partial charge in [-0.05, 0) is 144 Å². The van der Waals surface area contributed by atoms with Gasteiger partial charge in [0.25, 0.3) is 0 Å². The number of aryl methyl sites for hydroxylation is 2. The summed E-state index contributed by atoms with van der Waals surface area (Å²) in [5.74, 6) is -0.318. The molecule has 0 saturated carbocycles. The Morgan fingerprint density at radius 2 is 1.74 bits per heavy atom. The summed E-state index contributed by atoms with van der Waals surface area (Å²) in [7, 11) is 0. The predicted molar refractivity (Wildman–Crippen MR) is 213 cm³/mol. The Kier molecular flexibility index (Phi) is 11.3. The third-order valence-electron chi connectivity index (χ3n) is 11.0. The third kappa shape index (κ3) is 8.04. The Balaban J connectivity index is 1.15. The number of piperidine rings is 1. The Morgan fingerprint density at radius 3 is 2.45 bits per heavy atom. The van der Waals surface area contributed by atoms with Crippen LogP contribution in [0.15, 0.2) is 57.5 Å². The molecule has 4 heterocycles. The number of anilines is 2. The number of nitrogens with two attached hydrogens (primary N) is 1. The summed E-state index contributed by atoms with van der Waals surface area (Å²) in [5.41, 5.74) is 12.0. The first-order valence-corrected chi connectivity index (χ1v) is 20.1. The molecule has 0 aliphatic carbocycles. The average molecular weight is 851 g/mol. The first kappa shape index (κ1) is 37.2. The van der Waals surface area contributed by atoms with Gasteiger partial charge < -0.3 is 40.7 Å². The van der Waals surface area contributed by atoms with Crippen molar-refractivity contribution in [2.75, 3.05) is 50.3 Å². The van der Waals surface area contributed by atoms with Gasteiger partial charge in [0.2, 0.25) is 0 Å². The van der Waals surface area contributed by atoms with Crippen LogP contribution in [0.5, 0.6) is 0 Å². The number of nitrogens with zero attached hydrogens (tertiary/aromatic N) is 5. The molecule has 4 aromatic rings. The van der Waals surface area contributed by atoms with Gasteiger partial charge in [0.15, 0.2) is 0 Å². The lowest BCUT2D eigenvalue weighted by atomic mass is 10.0. The van der Waals surface area contributed by atoms with Crippen molar-refractivity contribution in [3.63, 3.8) is 0 Å². The Labute approximate surface area is 326 Å². The van der Waals surface area contributed by atoms with E-state index in [2.05, 4.69) is 58.0 Å². The number of aromatic carboxylic acids is 1. The van der Waals surface area contributed by atoms with E-state index in [0.717, 1.165) is 63.8 Å². The van der Waals surface area contributed by atoms with Crippen LogP contribution in [0.2, 0.25) is 0 Å². The molecule has 3 aliphatic heterocycles. The molecule has 53 heavy (non-hydrogen) atoms. The fourth-order valence-electron chi connectivity index (χ4n) is 8.09. The van der Waals surface area contributed by atoms with Crippen molar-refractivity contribution in [3.05, 3.63) is 85.6 Å². The van der Waals surface area contributed by atoms with Gasteiger partial charge in [-0.25, -0.2) is 19.4 Å². The van der Waals surface area contributed by atoms with Gasteiger partial charge >= 0.3 is 18.0 Å². The van der Waals surface area contributed by atoms with Crippen LogP contribution >= 0.6 is 31.9 Å². The van der Waals surface area contributed by atoms with Crippen molar-refractivity contribution in [2.45, 2.75) is 70.5 Å². The van der Waals surface area contributed by atoms with Crippen LogP contribution in [0.25, 0.3) is 11.0 Å². The van der Waals surface area contributed by atoms with Crippen LogP contribution in [0.4, 0.5) is 21.0 Å². The number of carboxylic acids is 1. The number of amides is 4. The number of hydrogen-bond acceptors (Lipinski definition) is 6. The average Bonchev–Trinajstić information content (AvgIpc) is 3.76. The van der Waals surface area contributed by atoms with Crippen molar-refractivity contribution < 1.29 is 19.5 Å². The fourth-order valence-corrected chi connectivity index (χ4v) is 9.37. The number of para-hydroxylation sites is 1. The first-order valence-electron chi connectivity index (χ1n) is 18.5. The van der Waals surface area contributed by atoms with E-state index in [0.29, 0.717) is 68.0 Å². The minimum Gasteiger partial charge on any atom is -0.478 e. The van der Waals surface area contributed by atoms with Gasteiger partial charge in [0.05, 0.1) is 28.3 Å². The highest BCUT2D eigenvalue weighted by Gasteiger charge is 2.33. The van der Waals surface area contributed by atoms with E-state index in [-0.39, 0.29) is 23.7 Å². The number of nitrogen functional groups attached to an aromatic ring is 1. The molecule has 2 fully saturated rings. The van der Waals surface area contributed by atoms with Crippen LogP contribution in [0.1, 0.15) is 71.0 Å². The third-order valence-corrected chi connectivity index (χ3v) is 12.3. The molecule has 0 radical (unpaired) electrons. The van der Waals surface area contributed by atoms with E-state index in [4.69, 9.17) is 10.7 Å². The van der Waals surface area contributed by atoms with Gasteiger partial charge in [0, 0.05) is 53.3 Å². The number of likely N-dealkylation sites (tertiary alicyclic amines) is 2. The maximum Gasteiger partial charge on any atom is 0.336 e. The second-order valence-electron chi connectivity index (χ2n) is 14.4. The van der Waals surface area contributed by atoms with Crippen molar-refractivity contribution >= 4 is 72.3 Å². The number of carbonyl (C=O) groups is 3. The summed E-state index contributed by atoms with van der Waals surface area (Å²) in [6, 6.07) is 14.5. The second kappa shape index (κ2) is 16.1. The van der Waals surface area contributed by atoms with E-state index < -0.39 is 12.0 Å². The summed E-state index contributed by atoms with van der Waals surface area (Å²) >= 11 is 7.18. The minimum atomic E-state index is -0.999. The number of fused-ring (bicyclic) bond motifs is 2. The summed E-state index contributed by atoms with van der Waals surface area (Å²) in [5, 5.41) is 16.3. The van der Waals surface area contributed by atoms with Crippen molar-refractivity contribution in [1.82, 2.24) is 29.6 Å². The number of halogens is 2. The largest absolute Gasteiger partial charge is 0.478 e. The summed E-state index contributed by atoms with van der Waals surface area (Å²) in [6.07, 6.45) is 5.87. The number of benzene rings is 3. The highest BCUT2D eigenvalue weighted by atomic mass is 79.9. The quantitative estimate of drug-likeness (QED) is 0.124. The van der Waals surface area contributed by atoms with E-state index in [1.807, 2.05) is 46.2 Å². The monoisotopic (exact) mass is 848 g/mol. The highest BCUT2D eigenvalue weighted by Crippen LogP contribution is 2.33. The molecule has 12 nitrogen and oxygen atoms in total. The molecule has 3 aromatic carbocycles. The van der Waals surface area contributed by atoms with E-state index in [1.165, 1.54) is 12.8 Å². The topological polar surface area (TPSA) is 149 Å². The minimum absolute atomic E-state index is 0.0276. The zero-order valence-electron chi connectivity index (χ0n) is 29.9. The molecule has 7 rings (SSSR count). The number of urea groups is 2. The molecule has 3 aliphatic rings. The van der Waals surface area contributed by atoms with E-state index in [9.17, 15) is 19.5 Å². The lowest BCUT2D eigenvalue weighted by Gasteiger charge is -2.38. The van der Waals surface area contributed by atoms with Gasteiger partial charge in [0.1, 0.15) is 5.82 Å². The molecular formula is C39H46Br2N8O4. The molecule has 14 heteroatoms. The van der Waals surface area contributed by atoms with Gasteiger partial charge in [-0.1, -0.05) is 18.2 Å². The molecule has 5 N–H and O–H groups in total. The van der Waals surface area contributed by atoms with Crippen LogP contribution in [0.3, 0.4) is 0 Å².